The Bertz CT molecular complexity index is 3380. The maximum Gasteiger partial charge on any atom is 0.308 e. The predicted molar refractivity (Wildman–Crippen MR) is 633 cm³/mol. The van der Waals surface area contributed by atoms with Gasteiger partial charge in [0.25, 0.3) is 0 Å². The van der Waals surface area contributed by atoms with Crippen LogP contribution in [0.2, 0.25) is 0 Å². The average molecular weight is 1960 g/mol. The van der Waals surface area contributed by atoms with Crippen LogP contribution in [0.15, 0.2) is 218 Å². The Kier molecular flexibility index (Phi) is 178. The monoisotopic (exact) mass is 1960 g/mol. The summed E-state index contributed by atoms with van der Waals surface area (Å²) in [5.41, 5.74) is 10.4. The Morgan fingerprint density at radius 2 is 0.413 bits per heavy atom. The predicted octanol–water partition coefficient (Wildman–Crippen LogP) is 40.3. The van der Waals surface area contributed by atoms with E-state index in [-0.39, 0.29) is 237 Å². The number of rotatable bonds is 28. The molecule has 0 bridgehead atoms. The fourth-order valence-electron chi connectivity index (χ4n) is 9.58. The molecule has 0 heterocycles. The van der Waals surface area contributed by atoms with E-state index in [9.17, 15) is 19.2 Å². The zero-order chi connectivity index (χ0) is 88.2. The van der Waals surface area contributed by atoms with Gasteiger partial charge in [0.15, 0.2) is 0 Å². The number of ether oxygens (including phenoxy) is 4. The lowest BCUT2D eigenvalue weighted by Gasteiger charge is -2.08. The first-order chi connectivity index (χ1) is 55.4. The summed E-state index contributed by atoms with van der Waals surface area (Å²) in [6.45, 7) is 46.3. The van der Waals surface area contributed by atoms with Crippen molar-refractivity contribution in [2.75, 3.05) is 33.5 Å². The van der Waals surface area contributed by atoms with Crippen molar-refractivity contribution in [3.05, 3.63) is 263 Å². The van der Waals surface area contributed by atoms with Gasteiger partial charge in [-0.2, -0.15) is 0 Å². The first kappa shape index (κ1) is 195. The van der Waals surface area contributed by atoms with Crippen LogP contribution < -0.4 is 0 Å². The number of carbonyl (C=O) groups is 4. The largest absolute Gasteiger partial charge is 0.508 e. The second-order valence-corrected chi connectivity index (χ2v) is 29.4. The van der Waals surface area contributed by atoms with Gasteiger partial charge in [0, 0.05) is 0 Å². The van der Waals surface area contributed by atoms with Crippen molar-refractivity contribution in [2.45, 2.75) is 434 Å². The zero-order valence-electron chi connectivity index (χ0n) is 75.4. The number of esters is 4. The summed E-state index contributed by atoms with van der Waals surface area (Å²) in [5, 5.41) is 52.9. The standard InChI is InChI=1S/C12H16O2.4C10H14O.3C10H14.2C7H14O3.C6H12O2.22CH4/c1-3-10(2)12(13)14-9-11-7-5-4-6-8-11;2*1-3-8(2)9-4-6-10(11)7-5-9;2*1-3-8(2)9-5-4-6-10(11)7-9;3*1-3-9(2)10-7-5-4-6-8-10;2*1-3-6(2)7(9)10-5-4-8;1-4-5(2)6(7)8-3;;;;;;;;;;;;;;;;;;;;;;/h4-8,10H,3,9H2,1-2H3;4*4-8,11H,3H2,1-2H3;3*4-9H,3H2,1-2H3;2*6,8H,3-5H2,1-2H3;5H,4H2,1-3H3;22*1H4. The minimum atomic E-state index is -0.225. The van der Waals surface area contributed by atoms with Crippen molar-refractivity contribution in [1.29, 1.82) is 0 Å². The zero-order valence-corrected chi connectivity index (χ0v) is 75.4. The van der Waals surface area contributed by atoms with Crippen LogP contribution in [0, 0.1) is 23.7 Å². The molecule has 0 spiro atoms. The number of hydrogen-bond donors (Lipinski definition) is 6. The molecule has 6 N–H and O–H groups in total. The summed E-state index contributed by atoms with van der Waals surface area (Å²) in [4.78, 5) is 43.4. The molecule has 0 aromatic heterocycles. The number of hydrogen-bond acceptors (Lipinski definition) is 14. The molecule has 0 aliphatic carbocycles. The maximum atomic E-state index is 11.3. The summed E-state index contributed by atoms with van der Waals surface area (Å²) in [7, 11) is 1.41. The number of methoxy groups -OCH3 is 1. The molecule has 14 heteroatoms. The van der Waals surface area contributed by atoms with Gasteiger partial charge in [-0.3, -0.25) is 19.2 Å². The van der Waals surface area contributed by atoms with E-state index < -0.39 is 0 Å². The Morgan fingerprint density at radius 3 is 0.601 bits per heavy atom. The van der Waals surface area contributed by atoms with E-state index in [2.05, 4.69) is 202 Å². The van der Waals surface area contributed by atoms with Gasteiger partial charge < -0.3 is 49.6 Å². The molecule has 138 heavy (non-hydrogen) atoms. The van der Waals surface area contributed by atoms with Gasteiger partial charge in [-0.05, 0) is 205 Å². The van der Waals surface area contributed by atoms with Crippen LogP contribution >= 0.6 is 0 Å². The molecule has 11 unspecified atom stereocenters. The smallest absolute Gasteiger partial charge is 0.308 e. The van der Waals surface area contributed by atoms with Crippen LogP contribution in [0.4, 0.5) is 0 Å². The van der Waals surface area contributed by atoms with Crippen molar-refractivity contribution in [3.63, 3.8) is 0 Å². The first-order valence-corrected chi connectivity index (χ1v) is 42.5. The van der Waals surface area contributed by atoms with E-state index in [1.54, 1.807) is 50.2 Å². The summed E-state index contributed by atoms with van der Waals surface area (Å²) in [6, 6.07) is 71.4. The fraction of sp³-hybridized carbons (Fsp3) is 0.581. The Hall–Kier alpha value is -9.24. The minimum Gasteiger partial charge on any atom is -0.508 e. The Morgan fingerprint density at radius 1 is 0.225 bits per heavy atom. The van der Waals surface area contributed by atoms with Gasteiger partial charge in [0.2, 0.25) is 0 Å². The van der Waals surface area contributed by atoms with Crippen LogP contribution in [-0.4, -0.2) is 88.1 Å². The Balaban J connectivity index is -0.0000000436. The van der Waals surface area contributed by atoms with Gasteiger partial charge >= 0.3 is 23.9 Å². The summed E-state index contributed by atoms with van der Waals surface area (Å²) in [6.07, 6.45) is 11.4. The van der Waals surface area contributed by atoms with E-state index >= 15 is 0 Å². The molecule has 822 valence electrons. The molecule has 0 radical (unpaired) electrons. The van der Waals surface area contributed by atoms with E-state index in [1.165, 1.54) is 65.3 Å². The molecule has 8 rings (SSSR count). The van der Waals surface area contributed by atoms with Gasteiger partial charge in [-0.1, -0.05) is 486 Å². The van der Waals surface area contributed by atoms with Gasteiger partial charge in [0.1, 0.15) is 42.8 Å². The lowest BCUT2D eigenvalue weighted by atomic mass is 9.99. The molecular weight excluding hydrogens is 1710 g/mol. The molecule has 14 nitrogen and oxygen atoms in total. The number of aliphatic hydroxyl groups is 2. The number of benzene rings is 8. The highest BCUT2D eigenvalue weighted by molar-refractivity contribution is 5.73. The number of phenols is 4. The van der Waals surface area contributed by atoms with E-state index in [0.717, 1.165) is 56.9 Å². The quantitative estimate of drug-likeness (QED) is 0.0198. The number of aliphatic hydroxyl groups excluding tert-OH is 2. The van der Waals surface area contributed by atoms with Gasteiger partial charge in [-0.25, -0.2) is 0 Å². The van der Waals surface area contributed by atoms with Gasteiger partial charge in [0.05, 0.1) is 44.0 Å². The Labute approximate surface area is 865 Å². The number of carbonyl (C=O) groups excluding carboxylic acids is 4. The summed E-state index contributed by atoms with van der Waals surface area (Å²) >= 11 is 0. The second kappa shape index (κ2) is 126. The molecule has 11 atom stereocenters. The fourth-order valence-corrected chi connectivity index (χ4v) is 9.58. The van der Waals surface area contributed by atoms with Crippen LogP contribution in [0.5, 0.6) is 23.0 Å². The van der Waals surface area contributed by atoms with Crippen molar-refractivity contribution < 1.29 is 68.8 Å². The highest BCUT2D eigenvalue weighted by Gasteiger charge is 2.14. The van der Waals surface area contributed by atoms with Gasteiger partial charge in [-0.15, -0.1) is 0 Å². The SMILES string of the molecule is C.C.C.C.C.C.C.C.C.C.C.C.C.C.C.C.C.C.C.C.C.C.CCC(C)C(=O)OC.CCC(C)C(=O)OCCO.CCC(C)C(=O)OCCO.CCC(C)C(=O)OCc1ccccc1.CCC(C)c1ccc(O)cc1.CCC(C)c1ccc(O)cc1.CCC(C)c1cccc(O)c1.CCC(C)c1cccc(O)c1.CCC(C)c1ccccc1.CCC(C)c1ccccc1.CCC(C)c1ccccc1. The molecule has 0 saturated heterocycles. The van der Waals surface area contributed by atoms with Crippen molar-refractivity contribution in [1.82, 2.24) is 0 Å². The normalized spacial score (nSPS) is 10.8. The molecular formula is C124H242O14. The highest BCUT2D eigenvalue weighted by Crippen LogP contribution is 2.26. The van der Waals surface area contributed by atoms with Crippen LogP contribution in [0.1, 0.15) is 472 Å². The van der Waals surface area contributed by atoms with E-state index in [1.807, 2.05) is 133 Å². The molecule has 0 fully saturated rings. The number of phenolic OH excluding ortho intramolecular Hbond substituents is 4. The first-order valence-electron chi connectivity index (χ1n) is 42.5. The van der Waals surface area contributed by atoms with E-state index in [4.69, 9.17) is 35.4 Å². The number of aromatic hydroxyl groups is 4. The third-order valence-corrected chi connectivity index (χ3v) is 20.4. The third kappa shape index (κ3) is 97.0. The van der Waals surface area contributed by atoms with Crippen molar-refractivity contribution in [2.24, 2.45) is 23.7 Å². The summed E-state index contributed by atoms with van der Waals surface area (Å²) < 4.78 is 18.9. The van der Waals surface area contributed by atoms with Crippen molar-refractivity contribution in [3.8, 4) is 23.0 Å². The highest BCUT2D eigenvalue weighted by atomic mass is 16.5. The molecule has 8 aromatic carbocycles. The lowest BCUT2D eigenvalue weighted by Crippen LogP contribution is -2.15. The van der Waals surface area contributed by atoms with Crippen LogP contribution in [0.3, 0.4) is 0 Å². The maximum absolute atomic E-state index is 11.3. The average Bonchev–Trinajstić information content (AvgIpc) is 0.906. The topological polar surface area (TPSA) is 227 Å². The molecule has 8 aromatic rings. The molecule has 0 saturated carbocycles. The lowest BCUT2D eigenvalue weighted by molar-refractivity contribution is -0.150. The molecule has 0 aliphatic heterocycles. The van der Waals surface area contributed by atoms with Crippen LogP contribution in [0.25, 0.3) is 0 Å². The molecule has 0 amide bonds. The second-order valence-electron chi connectivity index (χ2n) is 29.4. The molecule has 0 aliphatic rings. The van der Waals surface area contributed by atoms with E-state index in [0.29, 0.717) is 71.0 Å². The minimum absolute atomic E-state index is 0. The third-order valence-electron chi connectivity index (χ3n) is 20.4. The summed E-state index contributed by atoms with van der Waals surface area (Å²) in [5.74, 6) is 5.09. The van der Waals surface area contributed by atoms with Crippen LogP contribution in [-0.2, 0) is 44.7 Å². The van der Waals surface area contributed by atoms with Crippen molar-refractivity contribution >= 4 is 23.9 Å².